The van der Waals surface area contributed by atoms with Crippen molar-refractivity contribution in [2.24, 2.45) is 10.8 Å². The van der Waals surface area contributed by atoms with E-state index in [1.807, 2.05) is 0 Å². The van der Waals surface area contributed by atoms with Gasteiger partial charge in [-0.3, -0.25) is 9.59 Å². The van der Waals surface area contributed by atoms with Gasteiger partial charge in [0.2, 0.25) is 15.9 Å². The quantitative estimate of drug-likeness (QED) is 0.796. The minimum absolute atomic E-state index is 0.210. The van der Waals surface area contributed by atoms with Crippen molar-refractivity contribution in [1.29, 1.82) is 0 Å². The SMILES string of the molecule is CC(C)(C)CCCNC(=O)c1cccc(N2C(=O)C(C)(C)CS2(=O)=O)c1. The summed E-state index contributed by atoms with van der Waals surface area (Å²) in [4.78, 5) is 24.8. The number of carbonyl (C=O) groups excluding carboxylic acids is 2. The molecule has 0 unspecified atom stereocenters. The van der Waals surface area contributed by atoms with Crippen molar-refractivity contribution in [3.05, 3.63) is 29.8 Å². The van der Waals surface area contributed by atoms with Gasteiger partial charge in [0.15, 0.2) is 0 Å². The number of sulfonamides is 1. The van der Waals surface area contributed by atoms with E-state index in [0.717, 1.165) is 17.1 Å². The molecular weight excluding hydrogens is 352 g/mol. The number of hydrogen-bond donors (Lipinski definition) is 1. The first-order chi connectivity index (χ1) is 11.8. The minimum Gasteiger partial charge on any atom is -0.352 e. The molecule has 26 heavy (non-hydrogen) atoms. The van der Waals surface area contributed by atoms with E-state index >= 15 is 0 Å². The topological polar surface area (TPSA) is 83.6 Å². The van der Waals surface area contributed by atoms with Gasteiger partial charge in [0.1, 0.15) is 0 Å². The molecule has 2 amide bonds. The van der Waals surface area contributed by atoms with Gasteiger partial charge in [-0.15, -0.1) is 0 Å². The standard InChI is InChI=1S/C19H28N2O4S/c1-18(2,3)10-7-11-20-16(22)14-8-6-9-15(12-14)21-17(23)19(4,5)13-26(21,24)25/h6,8-9,12H,7,10-11,13H2,1-5H3,(H,20,22). The molecule has 1 aliphatic heterocycles. The molecule has 0 atom stereocenters. The predicted molar refractivity (Wildman–Crippen MR) is 103 cm³/mol. The van der Waals surface area contributed by atoms with E-state index < -0.39 is 21.3 Å². The summed E-state index contributed by atoms with van der Waals surface area (Å²) in [5.74, 6) is -0.980. The smallest absolute Gasteiger partial charge is 0.251 e. The second kappa shape index (κ2) is 7.02. The molecule has 1 aromatic rings. The van der Waals surface area contributed by atoms with Crippen LogP contribution in [0.3, 0.4) is 0 Å². The molecule has 6 nitrogen and oxygen atoms in total. The maximum Gasteiger partial charge on any atom is 0.251 e. The monoisotopic (exact) mass is 380 g/mol. The Balaban J connectivity index is 2.13. The number of anilines is 1. The molecule has 144 valence electrons. The number of hydrogen-bond acceptors (Lipinski definition) is 4. The first-order valence-corrected chi connectivity index (χ1v) is 10.4. The maximum absolute atomic E-state index is 12.5. The van der Waals surface area contributed by atoms with E-state index in [1.165, 1.54) is 12.1 Å². The van der Waals surface area contributed by atoms with Crippen LogP contribution < -0.4 is 9.62 Å². The molecule has 0 radical (unpaired) electrons. The van der Waals surface area contributed by atoms with Gasteiger partial charge in [-0.2, -0.15) is 0 Å². The lowest BCUT2D eigenvalue weighted by molar-refractivity contribution is -0.123. The third kappa shape index (κ3) is 4.63. The molecule has 7 heteroatoms. The van der Waals surface area contributed by atoms with Crippen molar-refractivity contribution in [1.82, 2.24) is 5.32 Å². The van der Waals surface area contributed by atoms with E-state index in [-0.39, 0.29) is 22.8 Å². The van der Waals surface area contributed by atoms with Crippen LogP contribution in [0.15, 0.2) is 24.3 Å². The molecule has 1 fully saturated rings. The molecule has 1 heterocycles. The highest BCUT2D eigenvalue weighted by atomic mass is 32.2. The average Bonchev–Trinajstić information content (AvgIpc) is 2.66. The van der Waals surface area contributed by atoms with Gasteiger partial charge in [-0.25, -0.2) is 12.7 Å². The number of amides is 2. The van der Waals surface area contributed by atoms with E-state index in [4.69, 9.17) is 0 Å². The molecule has 1 saturated heterocycles. The Morgan fingerprint density at radius 1 is 1.27 bits per heavy atom. The molecule has 1 aliphatic rings. The predicted octanol–water partition coefficient (Wildman–Crippen LogP) is 2.95. The van der Waals surface area contributed by atoms with E-state index in [9.17, 15) is 18.0 Å². The number of carbonyl (C=O) groups is 2. The van der Waals surface area contributed by atoms with Gasteiger partial charge < -0.3 is 5.32 Å². The first kappa shape index (κ1) is 20.4. The molecule has 0 bridgehead atoms. The van der Waals surface area contributed by atoms with Crippen molar-refractivity contribution in [3.8, 4) is 0 Å². The zero-order chi connectivity index (χ0) is 19.8. The number of nitrogens with zero attached hydrogens (tertiary/aromatic N) is 1. The van der Waals surface area contributed by atoms with Crippen LogP contribution in [0, 0.1) is 10.8 Å². The summed E-state index contributed by atoms with van der Waals surface area (Å²) >= 11 is 0. The zero-order valence-electron chi connectivity index (χ0n) is 16.1. The third-order valence-corrected chi connectivity index (χ3v) is 6.34. The summed E-state index contributed by atoms with van der Waals surface area (Å²) in [6, 6.07) is 6.19. The molecule has 0 aromatic heterocycles. The summed E-state index contributed by atoms with van der Waals surface area (Å²) in [7, 11) is -3.72. The van der Waals surface area contributed by atoms with Crippen LogP contribution in [0.25, 0.3) is 0 Å². The summed E-state index contributed by atoms with van der Waals surface area (Å²) < 4.78 is 25.6. The lowest BCUT2D eigenvalue weighted by Crippen LogP contribution is -2.33. The Hall–Kier alpha value is -1.89. The lowest BCUT2D eigenvalue weighted by atomic mass is 9.91. The molecule has 2 rings (SSSR count). The Kier molecular flexibility index (Phi) is 5.52. The van der Waals surface area contributed by atoms with Gasteiger partial charge in [-0.05, 0) is 50.3 Å². The van der Waals surface area contributed by atoms with Gasteiger partial charge in [0, 0.05) is 12.1 Å². The first-order valence-electron chi connectivity index (χ1n) is 8.79. The highest BCUT2D eigenvalue weighted by molar-refractivity contribution is 7.94. The van der Waals surface area contributed by atoms with Crippen molar-refractivity contribution in [2.75, 3.05) is 16.6 Å². The van der Waals surface area contributed by atoms with Crippen LogP contribution >= 0.6 is 0 Å². The average molecular weight is 381 g/mol. The minimum atomic E-state index is -3.72. The Bertz CT molecular complexity index is 807. The van der Waals surface area contributed by atoms with Crippen LogP contribution in [0.5, 0.6) is 0 Å². The molecule has 0 aliphatic carbocycles. The number of benzene rings is 1. The molecular formula is C19H28N2O4S. The Labute approximate surface area is 156 Å². The second-order valence-electron chi connectivity index (χ2n) is 8.68. The van der Waals surface area contributed by atoms with Crippen molar-refractivity contribution in [2.45, 2.75) is 47.5 Å². The Morgan fingerprint density at radius 2 is 1.92 bits per heavy atom. The van der Waals surface area contributed by atoms with Gasteiger partial charge in [-0.1, -0.05) is 26.8 Å². The summed E-state index contributed by atoms with van der Waals surface area (Å²) in [6.07, 6.45) is 1.85. The van der Waals surface area contributed by atoms with E-state index in [2.05, 4.69) is 26.1 Å². The van der Waals surface area contributed by atoms with Gasteiger partial charge >= 0.3 is 0 Å². The van der Waals surface area contributed by atoms with Gasteiger partial charge in [0.05, 0.1) is 16.9 Å². The highest BCUT2D eigenvalue weighted by Gasteiger charge is 2.49. The van der Waals surface area contributed by atoms with Crippen LogP contribution in [0.4, 0.5) is 5.69 Å². The van der Waals surface area contributed by atoms with Crippen LogP contribution in [-0.2, 0) is 14.8 Å². The van der Waals surface area contributed by atoms with E-state index in [1.54, 1.807) is 26.0 Å². The molecule has 0 saturated carbocycles. The fraction of sp³-hybridized carbons (Fsp3) is 0.579. The number of rotatable bonds is 5. The highest BCUT2D eigenvalue weighted by Crippen LogP contribution is 2.35. The van der Waals surface area contributed by atoms with Crippen LogP contribution in [0.2, 0.25) is 0 Å². The molecule has 0 spiro atoms. The summed E-state index contributed by atoms with van der Waals surface area (Å²) in [5.41, 5.74) is -0.208. The zero-order valence-corrected chi connectivity index (χ0v) is 16.9. The molecule has 1 N–H and O–H groups in total. The normalized spacial score (nSPS) is 18.8. The van der Waals surface area contributed by atoms with Crippen molar-refractivity contribution < 1.29 is 18.0 Å². The fourth-order valence-corrected chi connectivity index (χ4v) is 5.06. The molecule has 1 aromatic carbocycles. The summed E-state index contributed by atoms with van der Waals surface area (Å²) in [5, 5.41) is 2.85. The largest absolute Gasteiger partial charge is 0.352 e. The third-order valence-electron chi connectivity index (χ3n) is 4.32. The lowest BCUT2D eigenvalue weighted by Gasteiger charge is -2.19. The van der Waals surface area contributed by atoms with Crippen molar-refractivity contribution >= 4 is 27.5 Å². The maximum atomic E-state index is 12.5. The van der Waals surface area contributed by atoms with Crippen LogP contribution in [0.1, 0.15) is 57.8 Å². The van der Waals surface area contributed by atoms with Gasteiger partial charge in [0.25, 0.3) is 5.91 Å². The Morgan fingerprint density at radius 3 is 2.46 bits per heavy atom. The second-order valence-corrected chi connectivity index (χ2v) is 10.5. The van der Waals surface area contributed by atoms with E-state index in [0.29, 0.717) is 12.1 Å². The van der Waals surface area contributed by atoms with Crippen molar-refractivity contribution in [3.63, 3.8) is 0 Å². The van der Waals surface area contributed by atoms with Crippen LogP contribution in [-0.4, -0.2) is 32.5 Å². The number of nitrogens with one attached hydrogen (secondary N) is 1. The summed E-state index contributed by atoms with van der Waals surface area (Å²) in [6.45, 7) is 10.2. The fourth-order valence-electron chi connectivity index (χ4n) is 2.96.